The summed E-state index contributed by atoms with van der Waals surface area (Å²) in [6, 6.07) is 5.47. The third-order valence-corrected chi connectivity index (χ3v) is 3.76. The van der Waals surface area contributed by atoms with E-state index >= 15 is 0 Å². The van der Waals surface area contributed by atoms with E-state index in [1.807, 2.05) is 16.7 Å². The first kappa shape index (κ1) is 7.74. The van der Waals surface area contributed by atoms with E-state index in [9.17, 15) is 0 Å². The van der Waals surface area contributed by atoms with Crippen LogP contribution in [0.1, 0.15) is 9.81 Å². The molecule has 20 heavy (non-hydrogen) atoms. The lowest BCUT2D eigenvalue weighted by Gasteiger charge is -1.96. The number of nitrogens with zero attached hydrogens (tertiary/aromatic N) is 6. The first-order chi connectivity index (χ1) is 11.1. The molecule has 6 nitrogen and oxygen atoms in total. The number of imidazole rings is 2. The fourth-order valence-corrected chi connectivity index (χ4v) is 2.92. The normalized spacial score (nSPS) is 15.9. The number of aryl methyl sites for hydroxylation is 1. The third kappa shape index (κ3) is 1.01. The maximum absolute atomic E-state index is 8.00. The minimum atomic E-state index is -2.33. The van der Waals surface area contributed by atoms with Crippen molar-refractivity contribution >= 4 is 16.9 Å². The summed E-state index contributed by atoms with van der Waals surface area (Å²) in [5.41, 5.74) is 3.51. The lowest BCUT2D eigenvalue weighted by molar-refractivity contribution is -0.636. The van der Waals surface area contributed by atoms with Crippen LogP contribution in [-0.2, 0) is 13.5 Å². The zero-order valence-electron chi connectivity index (χ0n) is 13.4. The van der Waals surface area contributed by atoms with E-state index in [1.54, 1.807) is 29.2 Å². The van der Waals surface area contributed by atoms with Crippen LogP contribution in [0.3, 0.4) is 0 Å². The molecule has 0 saturated heterocycles. The Hall–Kier alpha value is -2.76. The van der Waals surface area contributed by atoms with Gasteiger partial charge in [-0.25, -0.2) is 14.1 Å². The lowest BCUT2D eigenvalue weighted by atomic mass is 10.2. The second-order valence-corrected chi connectivity index (χ2v) is 4.81. The van der Waals surface area contributed by atoms with Crippen LogP contribution in [0.15, 0.2) is 36.9 Å². The minimum Gasteiger partial charge on any atom is -0.257 e. The molecule has 0 aromatic carbocycles. The van der Waals surface area contributed by atoms with Gasteiger partial charge in [-0.3, -0.25) is 4.98 Å². The summed E-state index contributed by atoms with van der Waals surface area (Å²) >= 11 is 0. The van der Waals surface area contributed by atoms with Crippen molar-refractivity contribution in [3.05, 3.63) is 42.6 Å². The molecule has 0 amide bonds. The molecule has 4 aromatic rings. The summed E-state index contributed by atoms with van der Waals surface area (Å²) in [5, 5.41) is 0. The molecule has 0 radical (unpaired) electrons. The fourth-order valence-electron chi connectivity index (χ4n) is 2.92. The molecule has 5 rings (SSSR count). The first-order valence-electron chi connectivity index (χ1n) is 7.77. The Balaban J connectivity index is 2.01. The van der Waals surface area contributed by atoms with Gasteiger partial charge in [0.25, 0.3) is 11.3 Å². The van der Waals surface area contributed by atoms with Gasteiger partial charge in [0.2, 0.25) is 11.5 Å². The van der Waals surface area contributed by atoms with Gasteiger partial charge in [0.1, 0.15) is 6.54 Å². The van der Waals surface area contributed by atoms with Gasteiger partial charge in [0, 0.05) is 18.5 Å². The molecule has 0 N–H and O–H groups in total. The summed E-state index contributed by atoms with van der Waals surface area (Å²) in [7, 11) is 0. The molecule has 0 saturated carbocycles. The fraction of sp³-hybridized carbons (Fsp3) is 0.143. The zero-order chi connectivity index (χ0) is 15.8. The third-order valence-electron chi connectivity index (χ3n) is 3.76. The average Bonchev–Trinajstić information content (AvgIpc) is 3.13. The Morgan fingerprint density at radius 1 is 1.35 bits per heavy atom. The highest BCUT2D eigenvalue weighted by atomic mass is 15.3. The zero-order valence-corrected chi connectivity index (χ0v) is 10.4. The maximum Gasteiger partial charge on any atom is 0.296 e. The van der Waals surface area contributed by atoms with Crippen LogP contribution >= 0.6 is 0 Å². The SMILES string of the molecule is [2H]C([2H])([2H])[n+]1c2n(c3nc4ccncn4c31)Cc1ncccc1-2. The van der Waals surface area contributed by atoms with Crippen LogP contribution < -0.4 is 4.57 Å². The second-order valence-electron chi connectivity index (χ2n) is 4.81. The van der Waals surface area contributed by atoms with E-state index < -0.39 is 6.98 Å². The Morgan fingerprint density at radius 3 is 3.30 bits per heavy atom. The predicted molar refractivity (Wildman–Crippen MR) is 72.0 cm³/mol. The second kappa shape index (κ2) is 3.22. The smallest absolute Gasteiger partial charge is 0.257 e. The molecule has 0 fully saturated rings. The molecule has 6 heteroatoms. The van der Waals surface area contributed by atoms with Crippen molar-refractivity contribution in [3.8, 4) is 11.4 Å². The lowest BCUT2D eigenvalue weighted by Crippen LogP contribution is -2.30. The maximum atomic E-state index is 8.00. The quantitative estimate of drug-likeness (QED) is 0.392. The van der Waals surface area contributed by atoms with Gasteiger partial charge >= 0.3 is 0 Å². The largest absolute Gasteiger partial charge is 0.296 e. The van der Waals surface area contributed by atoms with E-state index in [4.69, 9.17) is 4.11 Å². The topological polar surface area (TPSA) is 51.9 Å². The summed E-state index contributed by atoms with van der Waals surface area (Å²) in [6.45, 7) is -1.81. The summed E-state index contributed by atoms with van der Waals surface area (Å²) in [5.74, 6) is 0.615. The predicted octanol–water partition coefficient (Wildman–Crippen LogP) is 0.932. The highest BCUT2D eigenvalue weighted by Gasteiger charge is 2.34. The summed E-state index contributed by atoms with van der Waals surface area (Å²) in [6.07, 6.45) is 4.95. The molecule has 0 unspecified atom stereocenters. The van der Waals surface area contributed by atoms with Crippen molar-refractivity contribution in [2.45, 2.75) is 6.54 Å². The molecule has 0 atom stereocenters. The Morgan fingerprint density at radius 2 is 2.35 bits per heavy atom. The highest BCUT2D eigenvalue weighted by molar-refractivity contribution is 5.77. The molecular formula is C14H11N6+. The Bertz CT molecular complexity index is 1090. The highest BCUT2D eigenvalue weighted by Crippen LogP contribution is 2.31. The molecule has 5 heterocycles. The minimum absolute atomic E-state index is 0.516. The van der Waals surface area contributed by atoms with Crippen molar-refractivity contribution in [2.75, 3.05) is 0 Å². The summed E-state index contributed by atoms with van der Waals surface area (Å²) < 4.78 is 29.0. The molecule has 1 aliphatic heterocycles. The van der Waals surface area contributed by atoms with Gasteiger partial charge in [0.05, 0.1) is 22.3 Å². The Labute approximate surface area is 118 Å². The van der Waals surface area contributed by atoms with Gasteiger partial charge in [0.15, 0.2) is 6.33 Å². The average molecular weight is 266 g/mol. The van der Waals surface area contributed by atoms with Gasteiger partial charge < -0.3 is 0 Å². The molecular weight excluding hydrogens is 252 g/mol. The van der Waals surface area contributed by atoms with Crippen LogP contribution in [0, 0.1) is 0 Å². The van der Waals surface area contributed by atoms with Gasteiger partial charge in [-0.15, -0.1) is 0 Å². The van der Waals surface area contributed by atoms with E-state index in [0.717, 1.165) is 11.3 Å². The number of aromatic nitrogens is 6. The number of fused-ring (bicyclic) bond motifs is 7. The standard InChI is InChI=1S/C14H11N6/c1-18-13-9-3-2-5-16-10(9)7-19(13)12-14(18)20-8-15-6-4-11(20)17-12/h2-6,8H,7H2,1H3/q+1/i1D3. The molecule has 96 valence electrons. The van der Waals surface area contributed by atoms with E-state index in [-0.39, 0.29) is 0 Å². The van der Waals surface area contributed by atoms with Crippen LogP contribution in [0.25, 0.3) is 28.3 Å². The molecule has 0 aliphatic carbocycles. The van der Waals surface area contributed by atoms with Gasteiger partial charge in [-0.05, 0) is 12.1 Å². The number of hydrogen-bond acceptors (Lipinski definition) is 3. The van der Waals surface area contributed by atoms with Crippen molar-refractivity contribution in [2.24, 2.45) is 6.98 Å². The van der Waals surface area contributed by atoms with Crippen molar-refractivity contribution in [1.29, 1.82) is 0 Å². The van der Waals surface area contributed by atoms with E-state index in [0.29, 0.717) is 29.3 Å². The van der Waals surface area contributed by atoms with Crippen LogP contribution in [0.2, 0.25) is 0 Å². The number of pyridine rings is 1. The van der Waals surface area contributed by atoms with Crippen LogP contribution in [0.4, 0.5) is 0 Å². The first-order valence-corrected chi connectivity index (χ1v) is 6.27. The van der Waals surface area contributed by atoms with Crippen molar-refractivity contribution in [1.82, 2.24) is 23.9 Å². The van der Waals surface area contributed by atoms with E-state index in [2.05, 4.69) is 15.0 Å². The Kier molecular flexibility index (Phi) is 1.24. The van der Waals surface area contributed by atoms with Crippen LogP contribution in [0.5, 0.6) is 0 Å². The molecule has 0 spiro atoms. The van der Waals surface area contributed by atoms with Crippen LogP contribution in [-0.4, -0.2) is 23.9 Å². The number of rotatable bonds is 0. The monoisotopic (exact) mass is 266 g/mol. The molecule has 0 bridgehead atoms. The molecule has 4 aromatic heterocycles. The van der Waals surface area contributed by atoms with Crippen molar-refractivity contribution in [3.63, 3.8) is 0 Å². The summed E-state index contributed by atoms with van der Waals surface area (Å²) in [4.78, 5) is 13.0. The van der Waals surface area contributed by atoms with Crippen molar-refractivity contribution < 1.29 is 8.68 Å². The van der Waals surface area contributed by atoms with Gasteiger partial charge in [-0.2, -0.15) is 9.38 Å². The van der Waals surface area contributed by atoms with E-state index in [1.165, 1.54) is 4.57 Å². The molecule has 1 aliphatic rings. The van der Waals surface area contributed by atoms with Gasteiger partial charge in [-0.1, -0.05) is 0 Å². The number of hydrogen-bond donors (Lipinski definition) is 0.